The van der Waals surface area contributed by atoms with Crippen LogP contribution in [0.15, 0.2) is 42.5 Å². The van der Waals surface area contributed by atoms with Crippen molar-refractivity contribution in [2.75, 3.05) is 0 Å². The van der Waals surface area contributed by atoms with E-state index in [4.69, 9.17) is 5.73 Å². The van der Waals surface area contributed by atoms with Crippen LogP contribution < -0.4 is 11.1 Å². The van der Waals surface area contributed by atoms with E-state index in [2.05, 4.69) is 5.32 Å². The maximum absolute atomic E-state index is 13.2. The van der Waals surface area contributed by atoms with Gasteiger partial charge in [-0.15, -0.1) is 0 Å². The molecular formula is C17H15F3N2O2. The number of rotatable bonds is 6. The lowest BCUT2D eigenvalue weighted by molar-refractivity contribution is -0.127. The minimum absolute atomic E-state index is 0.0244. The summed E-state index contributed by atoms with van der Waals surface area (Å²) >= 11 is 0. The Hall–Kier alpha value is -2.83. The van der Waals surface area contributed by atoms with Gasteiger partial charge in [0.05, 0.1) is 6.42 Å². The molecule has 3 N–H and O–H groups in total. The fourth-order valence-corrected chi connectivity index (χ4v) is 2.20. The molecule has 24 heavy (non-hydrogen) atoms. The Bertz CT molecular complexity index is 765. The molecule has 1 atom stereocenters. The number of carbonyl (C=O) groups excluding carboxylic acids is 2. The lowest BCUT2D eigenvalue weighted by Crippen LogP contribution is -2.46. The Balaban J connectivity index is 2.02. The van der Waals surface area contributed by atoms with Crippen LogP contribution in [0, 0.1) is 17.5 Å². The fourth-order valence-electron chi connectivity index (χ4n) is 2.20. The predicted octanol–water partition coefficient (Wildman–Crippen LogP) is 1.86. The summed E-state index contributed by atoms with van der Waals surface area (Å²) in [7, 11) is 0. The van der Waals surface area contributed by atoms with Gasteiger partial charge in [-0.1, -0.05) is 18.2 Å². The zero-order valence-electron chi connectivity index (χ0n) is 12.6. The van der Waals surface area contributed by atoms with Gasteiger partial charge < -0.3 is 11.1 Å². The van der Waals surface area contributed by atoms with Gasteiger partial charge in [-0.05, 0) is 35.4 Å². The highest BCUT2D eigenvalue weighted by molar-refractivity contribution is 5.87. The first kappa shape index (κ1) is 17.5. The van der Waals surface area contributed by atoms with Gasteiger partial charge in [-0.2, -0.15) is 0 Å². The number of benzene rings is 2. The summed E-state index contributed by atoms with van der Waals surface area (Å²) in [5.74, 6) is -3.91. The van der Waals surface area contributed by atoms with Gasteiger partial charge in [0.15, 0.2) is 11.6 Å². The number of carbonyl (C=O) groups is 2. The van der Waals surface area contributed by atoms with Crippen molar-refractivity contribution in [3.63, 3.8) is 0 Å². The smallest absolute Gasteiger partial charge is 0.240 e. The Morgan fingerprint density at radius 2 is 1.75 bits per heavy atom. The van der Waals surface area contributed by atoms with Crippen LogP contribution in [-0.2, 0) is 22.4 Å². The van der Waals surface area contributed by atoms with Gasteiger partial charge >= 0.3 is 0 Å². The highest BCUT2D eigenvalue weighted by Gasteiger charge is 2.19. The average molecular weight is 336 g/mol. The average Bonchev–Trinajstić information content (AvgIpc) is 2.50. The topological polar surface area (TPSA) is 72.2 Å². The first-order chi connectivity index (χ1) is 11.3. The summed E-state index contributed by atoms with van der Waals surface area (Å²) in [4.78, 5) is 23.5. The van der Waals surface area contributed by atoms with Gasteiger partial charge in [0.1, 0.15) is 11.9 Å². The van der Waals surface area contributed by atoms with Crippen LogP contribution in [0.1, 0.15) is 11.1 Å². The van der Waals surface area contributed by atoms with Crippen molar-refractivity contribution >= 4 is 11.8 Å². The molecule has 0 aromatic heterocycles. The van der Waals surface area contributed by atoms with Crippen LogP contribution in [-0.4, -0.2) is 17.9 Å². The number of nitrogens with two attached hydrogens (primary N) is 1. The Morgan fingerprint density at radius 1 is 1.00 bits per heavy atom. The molecule has 0 radical (unpaired) electrons. The summed E-state index contributed by atoms with van der Waals surface area (Å²) < 4.78 is 39.2. The zero-order valence-corrected chi connectivity index (χ0v) is 12.6. The van der Waals surface area contributed by atoms with Crippen LogP contribution in [0.25, 0.3) is 0 Å². The molecule has 7 heteroatoms. The number of amides is 2. The first-order valence-electron chi connectivity index (χ1n) is 7.12. The van der Waals surface area contributed by atoms with Gasteiger partial charge in [-0.25, -0.2) is 13.2 Å². The van der Waals surface area contributed by atoms with Crippen molar-refractivity contribution in [1.29, 1.82) is 0 Å². The first-order valence-corrected chi connectivity index (χ1v) is 7.12. The predicted molar refractivity (Wildman–Crippen MR) is 81.3 cm³/mol. The van der Waals surface area contributed by atoms with Crippen LogP contribution in [0.5, 0.6) is 0 Å². The van der Waals surface area contributed by atoms with E-state index < -0.39 is 35.3 Å². The van der Waals surface area contributed by atoms with Crippen molar-refractivity contribution in [1.82, 2.24) is 5.32 Å². The molecule has 0 bridgehead atoms. The Labute approximate surface area is 136 Å². The molecule has 0 heterocycles. The number of hydrogen-bond acceptors (Lipinski definition) is 2. The molecule has 0 saturated carbocycles. The summed E-state index contributed by atoms with van der Waals surface area (Å²) in [6.07, 6.45) is -0.221. The quantitative estimate of drug-likeness (QED) is 0.845. The summed E-state index contributed by atoms with van der Waals surface area (Å²) in [6, 6.07) is 7.61. The fraction of sp³-hybridized carbons (Fsp3) is 0.176. The van der Waals surface area contributed by atoms with Crippen LogP contribution in [0.3, 0.4) is 0 Å². The van der Waals surface area contributed by atoms with E-state index in [-0.39, 0.29) is 18.4 Å². The molecule has 0 aliphatic carbocycles. The second-order valence-electron chi connectivity index (χ2n) is 5.28. The molecule has 2 aromatic carbocycles. The van der Waals surface area contributed by atoms with Crippen LogP contribution in [0.4, 0.5) is 13.2 Å². The second-order valence-corrected chi connectivity index (χ2v) is 5.28. The third kappa shape index (κ3) is 4.84. The lowest BCUT2D eigenvalue weighted by Gasteiger charge is -2.16. The molecule has 0 fully saturated rings. The van der Waals surface area contributed by atoms with Gasteiger partial charge in [0, 0.05) is 6.42 Å². The summed E-state index contributed by atoms with van der Waals surface area (Å²) in [5, 5.41) is 2.41. The summed E-state index contributed by atoms with van der Waals surface area (Å²) in [5.41, 5.74) is 5.99. The van der Waals surface area contributed by atoms with E-state index in [9.17, 15) is 22.8 Å². The number of nitrogens with one attached hydrogen (secondary N) is 1. The van der Waals surface area contributed by atoms with Crippen molar-refractivity contribution in [2.24, 2.45) is 5.73 Å². The molecule has 2 rings (SSSR count). The van der Waals surface area contributed by atoms with Gasteiger partial charge in [0.25, 0.3) is 0 Å². The molecule has 126 valence electrons. The van der Waals surface area contributed by atoms with Crippen molar-refractivity contribution in [2.45, 2.75) is 18.9 Å². The number of hydrogen-bond donors (Lipinski definition) is 2. The van der Waals surface area contributed by atoms with Gasteiger partial charge in [0.2, 0.25) is 11.8 Å². The molecular weight excluding hydrogens is 321 g/mol. The minimum Gasteiger partial charge on any atom is -0.368 e. The molecule has 0 aliphatic rings. The highest BCUT2D eigenvalue weighted by Crippen LogP contribution is 2.10. The third-order valence-electron chi connectivity index (χ3n) is 3.36. The summed E-state index contributed by atoms with van der Waals surface area (Å²) in [6.45, 7) is 0. The standard InChI is InChI=1S/C17H15F3N2O2/c18-12-3-1-2-10(6-12)8-15(17(21)24)22-16(23)9-11-4-5-13(19)14(20)7-11/h1-7,15H,8-9H2,(H2,21,24)(H,22,23)/t15-/m0/s1. The SMILES string of the molecule is NC(=O)[C@H](Cc1cccc(F)c1)NC(=O)Cc1ccc(F)c(F)c1. The minimum atomic E-state index is -1.06. The maximum Gasteiger partial charge on any atom is 0.240 e. The van der Waals surface area contributed by atoms with E-state index in [0.29, 0.717) is 5.56 Å². The van der Waals surface area contributed by atoms with E-state index in [1.165, 1.54) is 24.3 Å². The number of halogens is 3. The normalized spacial score (nSPS) is 11.8. The van der Waals surface area contributed by atoms with Crippen LogP contribution in [0.2, 0.25) is 0 Å². The van der Waals surface area contributed by atoms with E-state index in [1.807, 2.05) is 0 Å². The third-order valence-corrected chi connectivity index (χ3v) is 3.36. The van der Waals surface area contributed by atoms with E-state index >= 15 is 0 Å². The molecule has 2 aromatic rings. The maximum atomic E-state index is 13.2. The monoisotopic (exact) mass is 336 g/mol. The van der Waals surface area contributed by atoms with E-state index in [1.54, 1.807) is 6.07 Å². The van der Waals surface area contributed by atoms with E-state index in [0.717, 1.165) is 12.1 Å². The zero-order chi connectivity index (χ0) is 17.7. The highest BCUT2D eigenvalue weighted by atomic mass is 19.2. The number of primary amides is 1. The van der Waals surface area contributed by atoms with Gasteiger partial charge in [-0.3, -0.25) is 9.59 Å². The van der Waals surface area contributed by atoms with Crippen molar-refractivity contribution in [3.8, 4) is 0 Å². The molecule has 4 nitrogen and oxygen atoms in total. The molecule has 0 aliphatic heterocycles. The van der Waals surface area contributed by atoms with Crippen LogP contribution >= 0.6 is 0 Å². The van der Waals surface area contributed by atoms with Crippen molar-refractivity contribution in [3.05, 3.63) is 71.0 Å². The second kappa shape index (κ2) is 7.63. The lowest BCUT2D eigenvalue weighted by atomic mass is 10.0. The molecule has 0 unspecified atom stereocenters. The largest absolute Gasteiger partial charge is 0.368 e. The molecule has 2 amide bonds. The Morgan fingerprint density at radius 3 is 2.38 bits per heavy atom. The molecule has 0 spiro atoms. The Kier molecular flexibility index (Phi) is 5.57. The van der Waals surface area contributed by atoms with Crippen molar-refractivity contribution < 1.29 is 22.8 Å². The molecule has 0 saturated heterocycles.